The van der Waals surface area contributed by atoms with Gasteiger partial charge >= 0.3 is 12.1 Å². The summed E-state index contributed by atoms with van der Waals surface area (Å²) in [5.41, 5.74) is 0.858. The molecule has 4 amide bonds. The van der Waals surface area contributed by atoms with Gasteiger partial charge in [0.05, 0.1) is 4.90 Å². The summed E-state index contributed by atoms with van der Waals surface area (Å²) in [6.07, 6.45) is 7.11. The van der Waals surface area contributed by atoms with Crippen LogP contribution in [0.5, 0.6) is 0 Å². The first-order chi connectivity index (χ1) is 15.3. The Morgan fingerprint density at radius 1 is 1.06 bits per heavy atom. The Labute approximate surface area is 188 Å². The van der Waals surface area contributed by atoms with E-state index in [-0.39, 0.29) is 17.0 Å². The topological polar surface area (TPSA) is 121 Å². The minimum absolute atomic E-state index is 0.0129. The number of carbonyl (C=O) groups is 2. The molecule has 0 atom stereocenters. The fourth-order valence-electron chi connectivity index (χ4n) is 3.57. The number of carbonyl (C=O) groups excluding carboxylic acids is 2. The number of sulfonamides is 1. The molecule has 0 aliphatic heterocycles. The monoisotopic (exact) mass is 459 g/mol. The Morgan fingerprint density at radius 3 is 2.44 bits per heavy atom. The van der Waals surface area contributed by atoms with Crippen LogP contribution in [-0.4, -0.2) is 45.1 Å². The van der Waals surface area contributed by atoms with Gasteiger partial charge in [0.15, 0.2) is 0 Å². The number of nitrogens with zero attached hydrogens (tertiary/aromatic N) is 2. The highest BCUT2D eigenvalue weighted by atomic mass is 32.2. The zero-order chi connectivity index (χ0) is 23.0. The molecule has 0 bridgehead atoms. The molecule has 0 unspecified atom stereocenters. The highest BCUT2D eigenvalue weighted by molar-refractivity contribution is 7.90. The van der Waals surface area contributed by atoms with Gasteiger partial charge < -0.3 is 10.6 Å². The third-order valence-electron chi connectivity index (χ3n) is 5.39. The molecule has 1 aliphatic carbocycles. The zero-order valence-electron chi connectivity index (χ0n) is 18.1. The molecule has 0 saturated heterocycles. The lowest BCUT2D eigenvalue weighted by atomic mass is 9.96. The molecule has 1 aromatic heterocycles. The number of anilines is 1. The molecule has 10 heteroatoms. The Morgan fingerprint density at radius 2 is 1.78 bits per heavy atom. The van der Waals surface area contributed by atoms with Gasteiger partial charge in [-0.2, -0.15) is 0 Å². The molecule has 9 nitrogen and oxygen atoms in total. The lowest BCUT2D eigenvalue weighted by molar-refractivity contribution is 0.237. The van der Waals surface area contributed by atoms with Crippen molar-refractivity contribution in [3.05, 3.63) is 54.2 Å². The largest absolute Gasteiger partial charge is 0.337 e. The zero-order valence-corrected chi connectivity index (χ0v) is 18.9. The van der Waals surface area contributed by atoms with Crippen LogP contribution in [0, 0.1) is 0 Å². The van der Waals surface area contributed by atoms with Crippen molar-refractivity contribution in [3.63, 3.8) is 0 Å². The van der Waals surface area contributed by atoms with E-state index in [4.69, 9.17) is 0 Å². The van der Waals surface area contributed by atoms with Crippen LogP contribution in [0.2, 0.25) is 0 Å². The maximum atomic E-state index is 12.5. The average molecular weight is 460 g/mol. The van der Waals surface area contributed by atoms with Crippen LogP contribution in [0.25, 0.3) is 0 Å². The van der Waals surface area contributed by atoms with Crippen molar-refractivity contribution >= 4 is 27.9 Å². The van der Waals surface area contributed by atoms with Gasteiger partial charge in [-0.15, -0.1) is 0 Å². The second-order valence-electron chi connectivity index (χ2n) is 7.79. The fourth-order valence-corrected chi connectivity index (χ4v) is 4.48. The summed E-state index contributed by atoms with van der Waals surface area (Å²) < 4.78 is 27.0. The molecule has 1 saturated carbocycles. The molecule has 3 rings (SSSR count). The summed E-state index contributed by atoms with van der Waals surface area (Å²) in [6, 6.07) is 10.6. The van der Waals surface area contributed by atoms with Gasteiger partial charge in [-0.05, 0) is 49.1 Å². The van der Waals surface area contributed by atoms with Gasteiger partial charge in [0, 0.05) is 25.8 Å². The van der Waals surface area contributed by atoms with E-state index in [1.54, 1.807) is 43.6 Å². The van der Waals surface area contributed by atoms with Crippen LogP contribution >= 0.6 is 0 Å². The Bertz CT molecular complexity index is 1010. The standard InChI is InChI=1S/C22H29N5O4S/c1-27(20-9-5-6-15-23-20)22(29)24-16-14-17-10-12-19(13-11-17)32(30,31)26-21(28)25-18-7-3-2-4-8-18/h5-6,9-13,15,18H,2-4,7-8,14,16H2,1H3,(H,24,29)(H2,25,26,28). The molecule has 1 fully saturated rings. The van der Waals surface area contributed by atoms with Crippen molar-refractivity contribution in [3.8, 4) is 0 Å². The summed E-state index contributed by atoms with van der Waals surface area (Å²) in [6.45, 7) is 0.379. The van der Waals surface area contributed by atoms with Crippen LogP contribution < -0.4 is 20.3 Å². The highest BCUT2D eigenvalue weighted by Crippen LogP contribution is 2.17. The SMILES string of the molecule is CN(C(=O)NCCc1ccc(S(=O)(=O)NC(=O)NC2CCCCC2)cc1)c1ccccn1. The van der Waals surface area contributed by atoms with Crippen molar-refractivity contribution in [2.24, 2.45) is 0 Å². The smallest absolute Gasteiger partial charge is 0.328 e. The van der Waals surface area contributed by atoms with E-state index in [0.717, 1.165) is 37.7 Å². The minimum atomic E-state index is -3.95. The summed E-state index contributed by atoms with van der Waals surface area (Å²) in [4.78, 5) is 29.8. The molecule has 0 radical (unpaired) electrons. The summed E-state index contributed by atoms with van der Waals surface area (Å²) in [5.74, 6) is 0.541. The number of hydrogen-bond acceptors (Lipinski definition) is 5. The molecule has 32 heavy (non-hydrogen) atoms. The molecular weight excluding hydrogens is 430 g/mol. The van der Waals surface area contributed by atoms with Crippen LogP contribution in [0.15, 0.2) is 53.6 Å². The maximum absolute atomic E-state index is 12.5. The van der Waals surface area contributed by atoms with E-state index in [9.17, 15) is 18.0 Å². The number of hydrogen-bond donors (Lipinski definition) is 3. The molecule has 1 aromatic carbocycles. The predicted molar refractivity (Wildman–Crippen MR) is 122 cm³/mol. The first-order valence-corrected chi connectivity index (χ1v) is 12.2. The van der Waals surface area contributed by atoms with Gasteiger partial charge in [-0.1, -0.05) is 37.5 Å². The highest BCUT2D eigenvalue weighted by Gasteiger charge is 2.21. The first-order valence-electron chi connectivity index (χ1n) is 10.7. The third-order valence-corrected chi connectivity index (χ3v) is 6.74. The molecule has 0 spiro atoms. The van der Waals surface area contributed by atoms with E-state index in [1.807, 2.05) is 0 Å². The third kappa shape index (κ3) is 6.68. The second kappa shape index (κ2) is 10.9. The van der Waals surface area contributed by atoms with Gasteiger partial charge in [0.1, 0.15) is 5.82 Å². The number of nitrogens with one attached hydrogen (secondary N) is 3. The van der Waals surface area contributed by atoms with Gasteiger partial charge in [-0.3, -0.25) is 4.90 Å². The number of aromatic nitrogens is 1. The van der Waals surface area contributed by atoms with Gasteiger partial charge in [-0.25, -0.2) is 27.7 Å². The van der Waals surface area contributed by atoms with Crippen molar-refractivity contribution < 1.29 is 18.0 Å². The number of benzene rings is 1. The number of urea groups is 2. The van der Waals surface area contributed by atoms with Crippen LogP contribution in [-0.2, 0) is 16.4 Å². The van der Waals surface area contributed by atoms with E-state index in [2.05, 4.69) is 20.3 Å². The molecule has 2 aromatic rings. The summed E-state index contributed by atoms with van der Waals surface area (Å²) in [7, 11) is -2.31. The quantitative estimate of drug-likeness (QED) is 0.588. The number of rotatable bonds is 7. The molecular formula is C22H29N5O4S. The lowest BCUT2D eigenvalue weighted by Crippen LogP contribution is -2.45. The lowest BCUT2D eigenvalue weighted by Gasteiger charge is -2.22. The Hall–Kier alpha value is -3.14. The van der Waals surface area contributed by atoms with E-state index >= 15 is 0 Å². The van der Waals surface area contributed by atoms with Crippen LogP contribution in [0.4, 0.5) is 15.4 Å². The van der Waals surface area contributed by atoms with Crippen LogP contribution in [0.3, 0.4) is 0 Å². The average Bonchev–Trinajstić information content (AvgIpc) is 2.79. The molecule has 3 N–H and O–H groups in total. The Balaban J connectivity index is 1.47. The fraction of sp³-hybridized carbons (Fsp3) is 0.409. The number of amides is 4. The molecule has 1 aliphatic rings. The van der Waals surface area contributed by atoms with Crippen molar-refractivity contribution in [2.75, 3.05) is 18.5 Å². The van der Waals surface area contributed by atoms with Crippen LogP contribution in [0.1, 0.15) is 37.7 Å². The summed E-state index contributed by atoms with van der Waals surface area (Å²) >= 11 is 0. The van der Waals surface area contributed by atoms with E-state index in [1.165, 1.54) is 17.0 Å². The summed E-state index contributed by atoms with van der Waals surface area (Å²) in [5, 5.41) is 5.54. The van der Waals surface area contributed by atoms with Gasteiger partial charge in [0.2, 0.25) is 0 Å². The predicted octanol–water partition coefficient (Wildman–Crippen LogP) is 2.79. The van der Waals surface area contributed by atoms with E-state index in [0.29, 0.717) is 18.8 Å². The molecule has 172 valence electrons. The van der Waals surface area contributed by atoms with Gasteiger partial charge in [0.25, 0.3) is 10.0 Å². The van der Waals surface area contributed by atoms with E-state index < -0.39 is 16.1 Å². The molecule has 1 heterocycles. The second-order valence-corrected chi connectivity index (χ2v) is 9.47. The van der Waals surface area contributed by atoms with Crippen molar-refractivity contribution in [1.29, 1.82) is 0 Å². The Kier molecular flexibility index (Phi) is 8.04. The maximum Gasteiger partial charge on any atom is 0.328 e. The minimum Gasteiger partial charge on any atom is -0.337 e. The van der Waals surface area contributed by atoms with Crippen molar-refractivity contribution in [1.82, 2.24) is 20.3 Å². The van der Waals surface area contributed by atoms with Crippen molar-refractivity contribution in [2.45, 2.75) is 49.5 Å². The number of pyridine rings is 1. The normalized spacial score (nSPS) is 14.4. The first kappa shape index (κ1) is 23.5.